The van der Waals surface area contributed by atoms with Crippen LogP contribution in [0.4, 0.5) is 0 Å². The van der Waals surface area contributed by atoms with Crippen LogP contribution in [-0.2, 0) is 19.5 Å². The monoisotopic (exact) mass is 320 g/mol. The maximum atomic E-state index is 4.77. The number of aryl methyl sites for hydroxylation is 2. The van der Waals surface area contributed by atoms with Gasteiger partial charge in [-0.3, -0.25) is 15.0 Å². The molecule has 0 bridgehead atoms. The molecule has 0 unspecified atom stereocenters. The molecule has 1 N–H and O–H groups in total. The van der Waals surface area contributed by atoms with Crippen molar-refractivity contribution < 1.29 is 0 Å². The van der Waals surface area contributed by atoms with Crippen LogP contribution in [0.2, 0.25) is 0 Å². The van der Waals surface area contributed by atoms with Gasteiger partial charge >= 0.3 is 0 Å². The van der Waals surface area contributed by atoms with Crippen molar-refractivity contribution in [2.45, 2.75) is 33.4 Å². The molecule has 0 atom stereocenters. The first-order chi connectivity index (χ1) is 11.7. The number of fused-ring (bicyclic) bond motifs is 1. The molecule has 4 heterocycles. The van der Waals surface area contributed by atoms with Crippen molar-refractivity contribution >= 4 is 0 Å². The highest BCUT2D eigenvalue weighted by Crippen LogP contribution is 2.22. The van der Waals surface area contributed by atoms with E-state index in [0.717, 1.165) is 54.5 Å². The van der Waals surface area contributed by atoms with Gasteiger partial charge in [0.2, 0.25) is 0 Å². The molecule has 24 heavy (non-hydrogen) atoms. The van der Waals surface area contributed by atoms with Crippen LogP contribution in [0.25, 0.3) is 11.4 Å². The number of H-pyrrole nitrogens is 1. The van der Waals surface area contributed by atoms with Crippen LogP contribution in [0.3, 0.4) is 0 Å². The van der Waals surface area contributed by atoms with E-state index in [-0.39, 0.29) is 0 Å². The highest BCUT2D eigenvalue weighted by molar-refractivity contribution is 5.54. The van der Waals surface area contributed by atoms with Crippen molar-refractivity contribution in [1.82, 2.24) is 30.0 Å². The highest BCUT2D eigenvalue weighted by Gasteiger charge is 2.20. The van der Waals surface area contributed by atoms with E-state index in [4.69, 9.17) is 4.98 Å². The van der Waals surface area contributed by atoms with Crippen LogP contribution in [0.1, 0.15) is 28.2 Å². The molecular formula is C18H20N6. The van der Waals surface area contributed by atoms with E-state index in [1.807, 2.05) is 18.3 Å². The summed E-state index contributed by atoms with van der Waals surface area (Å²) in [6.45, 7) is 6.94. The molecule has 122 valence electrons. The van der Waals surface area contributed by atoms with Gasteiger partial charge in [0.15, 0.2) is 5.82 Å². The van der Waals surface area contributed by atoms with Gasteiger partial charge in [0.25, 0.3) is 0 Å². The lowest BCUT2D eigenvalue weighted by molar-refractivity contribution is 0.242. The Kier molecular flexibility index (Phi) is 3.82. The van der Waals surface area contributed by atoms with E-state index in [1.165, 1.54) is 11.1 Å². The molecule has 6 heteroatoms. The molecule has 1 aliphatic rings. The zero-order chi connectivity index (χ0) is 16.5. The third-order valence-electron chi connectivity index (χ3n) is 4.61. The summed E-state index contributed by atoms with van der Waals surface area (Å²) in [7, 11) is 0. The SMILES string of the molecule is Cc1n[nH]c(C)c1CN1CCc2nc(-c3ccncc3)ncc2C1. The first-order valence-electron chi connectivity index (χ1n) is 8.18. The smallest absolute Gasteiger partial charge is 0.159 e. The predicted molar refractivity (Wildman–Crippen MR) is 91.1 cm³/mol. The zero-order valence-electron chi connectivity index (χ0n) is 14.0. The zero-order valence-corrected chi connectivity index (χ0v) is 14.0. The van der Waals surface area contributed by atoms with Crippen LogP contribution < -0.4 is 0 Å². The molecular weight excluding hydrogens is 300 g/mol. The molecule has 4 rings (SSSR count). The fourth-order valence-corrected chi connectivity index (χ4v) is 3.18. The quantitative estimate of drug-likeness (QED) is 0.802. The van der Waals surface area contributed by atoms with E-state index < -0.39 is 0 Å². The maximum absolute atomic E-state index is 4.77. The summed E-state index contributed by atoms with van der Waals surface area (Å²) in [5.41, 5.74) is 6.93. The number of hydrogen-bond donors (Lipinski definition) is 1. The highest BCUT2D eigenvalue weighted by atomic mass is 15.2. The number of aromatic nitrogens is 5. The minimum atomic E-state index is 0.783. The molecule has 0 spiro atoms. The molecule has 3 aromatic heterocycles. The normalized spacial score (nSPS) is 14.6. The Morgan fingerprint density at radius 3 is 2.79 bits per heavy atom. The van der Waals surface area contributed by atoms with Crippen molar-refractivity contribution in [2.75, 3.05) is 6.54 Å². The predicted octanol–water partition coefficient (Wildman–Crippen LogP) is 2.44. The Hall–Kier alpha value is -2.60. The molecule has 0 aliphatic carbocycles. The van der Waals surface area contributed by atoms with Gasteiger partial charge in [0.1, 0.15) is 0 Å². The van der Waals surface area contributed by atoms with Gasteiger partial charge in [-0.05, 0) is 26.0 Å². The summed E-state index contributed by atoms with van der Waals surface area (Å²) in [5, 5.41) is 7.35. The Morgan fingerprint density at radius 1 is 1.21 bits per heavy atom. The lowest BCUT2D eigenvalue weighted by Crippen LogP contribution is -2.31. The van der Waals surface area contributed by atoms with E-state index in [2.05, 4.69) is 38.9 Å². The van der Waals surface area contributed by atoms with E-state index in [0.29, 0.717) is 0 Å². The minimum Gasteiger partial charge on any atom is -0.294 e. The first kappa shape index (κ1) is 15.0. The summed E-state index contributed by atoms with van der Waals surface area (Å²) in [5.74, 6) is 0.783. The summed E-state index contributed by atoms with van der Waals surface area (Å²) >= 11 is 0. The minimum absolute atomic E-state index is 0.783. The second kappa shape index (κ2) is 6.13. The molecule has 0 saturated heterocycles. The van der Waals surface area contributed by atoms with Crippen LogP contribution in [0, 0.1) is 13.8 Å². The fraction of sp³-hybridized carbons (Fsp3) is 0.333. The molecule has 0 radical (unpaired) electrons. The topological polar surface area (TPSA) is 70.6 Å². The second-order valence-electron chi connectivity index (χ2n) is 6.27. The molecule has 0 saturated carbocycles. The summed E-state index contributed by atoms with van der Waals surface area (Å²) < 4.78 is 0. The average molecular weight is 320 g/mol. The number of hydrogen-bond acceptors (Lipinski definition) is 5. The molecule has 6 nitrogen and oxygen atoms in total. The van der Waals surface area contributed by atoms with Gasteiger partial charge in [-0.25, -0.2) is 9.97 Å². The third kappa shape index (κ3) is 2.80. The molecule has 1 aliphatic heterocycles. The Labute approximate surface area is 141 Å². The maximum Gasteiger partial charge on any atom is 0.159 e. The number of nitrogens with one attached hydrogen (secondary N) is 1. The van der Waals surface area contributed by atoms with Gasteiger partial charge in [-0.2, -0.15) is 5.10 Å². The second-order valence-corrected chi connectivity index (χ2v) is 6.27. The lowest BCUT2D eigenvalue weighted by atomic mass is 10.1. The van der Waals surface area contributed by atoms with Crippen molar-refractivity contribution in [2.24, 2.45) is 0 Å². The van der Waals surface area contributed by atoms with Crippen molar-refractivity contribution in [3.05, 3.63) is 58.9 Å². The Morgan fingerprint density at radius 2 is 2.04 bits per heavy atom. The molecule has 0 fully saturated rings. The van der Waals surface area contributed by atoms with E-state index >= 15 is 0 Å². The fourth-order valence-electron chi connectivity index (χ4n) is 3.18. The van der Waals surface area contributed by atoms with Gasteiger partial charge < -0.3 is 0 Å². The standard InChI is InChI=1S/C18H20N6/c1-12-16(13(2)23-22-12)11-24-8-5-17-15(10-24)9-20-18(21-17)14-3-6-19-7-4-14/h3-4,6-7,9H,5,8,10-11H2,1-2H3,(H,22,23). The first-order valence-corrected chi connectivity index (χ1v) is 8.18. The van der Waals surface area contributed by atoms with Crippen LogP contribution in [0.15, 0.2) is 30.7 Å². The summed E-state index contributed by atoms with van der Waals surface area (Å²) in [6, 6.07) is 3.89. The van der Waals surface area contributed by atoms with Gasteiger partial charge in [0.05, 0.1) is 11.4 Å². The van der Waals surface area contributed by atoms with E-state index in [9.17, 15) is 0 Å². The number of aromatic amines is 1. The van der Waals surface area contributed by atoms with E-state index in [1.54, 1.807) is 12.4 Å². The summed E-state index contributed by atoms with van der Waals surface area (Å²) in [6.07, 6.45) is 6.47. The molecule has 0 aromatic carbocycles. The van der Waals surface area contributed by atoms with Crippen molar-refractivity contribution in [1.29, 1.82) is 0 Å². The average Bonchev–Trinajstić information content (AvgIpc) is 2.94. The third-order valence-corrected chi connectivity index (χ3v) is 4.61. The van der Waals surface area contributed by atoms with Gasteiger partial charge in [0, 0.05) is 67.0 Å². The van der Waals surface area contributed by atoms with Crippen LogP contribution in [-0.4, -0.2) is 36.6 Å². The van der Waals surface area contributed by atoms with Crippen molar-refractivity contribution in [3.63, 3.8) is 0 Å². The van der Waals surface area contributed by atoms with Gasteiger partial charge in [-0.15, -0.1) is 0 Å². The van der Waals surface area contributed by atoms with Crippen LogP contribution in [0.5, 0.6) is 0 Å². The number of rotatable bonds is 3. The lowest BCUT2D eigenvalue weighted by Gasteiger charge is -2.28. The Bertz CT molecular complexity index is 836. The van der Waals surface area contributed by atoms with Gasteiger partial charge in [-0.1, -0.05) is 0 Å². The molecule has 3 aromatic rings. The largest absolute Gasteiger partial charge is 0.294 e. The molecule has 0 amide bonds. The Balaban J connectivity index is 1.54. The number of pyridine rings is 1. The van der Waals surface area contributed by atoms with Crippen LogP contribution >= 0.6 is 0 Å². The van der Waals surface area contributed by atoms with Crippen molar-refractivity contribution in [3.8, 4) is 11.4 Å². The summed E-state index contributed by atoms with van der Waals surface area (Å²) in [4.78, 5) is 15.8. The number of nitrogens with zero attached hydrogens (tertiary/aromatic N) is 5.